The van der Waals surface area contributed by atoms with E-state index in [2.05, 4.69) is 15.5 Å². The van der Waals surface area contributed by atoms with Crippen molar-refractivity contribution in [2.45, 2.75) is 12.5 Å². The number of benzene rings is 1. The number of halogens is 2. The van der Waals surface area contributed by atoms with E-state index in [0.717, 1.165) is 5.56 Å². The third kappa shape index (κ3) is 3.70. The molecule has 1 N–H and O–H groups in total. The van der Waals surface area contributed by atoms with Gasteiger partial charge >= 0.3 is 0 Å². The van der Waals surface area contributed by atoms with E-state index in [-0.39, 0.29) is 6.04 Å². The highest BCUT2D eigenvalue weighted by atomic mass is 35.5. The fraction of sp³-hybridized carbons (Fsp3) is 0.385. The Bertz CT molecular complexity index is 574. The second-order valence-electron chi connectivity index (χ2n) is 4.29. The predicted octanol–water partition coefficient (Wildman–Crippen LogP) is 2.82. The highest BCUT2D eigenvalue weighted by molar-refractivity contribution is 6.42. The summed E-state index contributed by atoms with van der Waals surface area (Å²) in [6.07, 6.45) is 0.596. The Kier molecular flexibility index (Phi) is 5.37. The Labute approximate surface area is 127 Å². The minimum absolute atomic E-state index is 0.127. The van der Waals surface area contributed by atoms with Crippen LogP contribution in [0.5, 0.6) is 0 Å². The molecule has 0 aliphatic carbocycles. The lowest BCUT2D eigenvalue weighted by Gasteiger charge is -2.11. The molecule has 1 aromatic carbocycles. The molecule has 20 heavy (non-hydrogen) atoms. The molecule has 5 nitrogen and oxygen atoms in total. The molecule has 108 valence electrons. The molecule has 0 aliphatic rings. The van der Waals surface area contributed by atoms with Gasteiger partial charge in [0.25, 0.3) is 0 Å². The largest absolute Gasteiger partial charge is 0.383 e. The van der Waals surface area contributed by atoms with Crippen LogP contribution < -0.4 is 5.32 Å². The minimum Gasteiger partial charge on any atom is -0.383 e. The molecule has 1 aromatic heterocycles. The van der Waals surface area contributed by atoms with Crippen LogP contribution >= 0.6 is 23.2 Å². The summed E-state index contributed by atoms with van der Waals surface area (Å²) in [4.78, 5) is 4.35. The highest BCUT2D eigenvalue weighted by Crippen LogP contribution is 2.27. The first kappa shape index (κ1) is 15.3. The van der Waals surface area contributed by atoms with Gasteiger partial charge in [0.15, 0.2) is 0 Å². The van der Waals surface area contributed by atoms with Crippen molar-refractivity contribution in [3.63, 3.8) is 0 Å². The highest BCUT2D eigenvalue weighted by Gasteiger charge is 2.14. The Balaban J connectivity index is 2.13. The molecule has 1 heterocycles. The molecule has 1 atom stereocenters. The Morgan fingerprint density at radius 1 is 1.35 bits per heavy atom. The summed E-state index contributed by atoms with van der Waals surface area (Å²) in [5.41, 5.74) is 0.766. The van der Waals surface area contributed by atoms with Crippen molar-refractivity contribution < 1.29 is 9.26 Å². The summed E-state index contributed by atoms with van der Waals surface area (Å²) in [6.45, 7) is 0.570. The maximum absolute atomic E-state index is 5.97. The molecule has 0 spiro atoms. The zero-order valence-electron chi connectivity index (χ0n) is 11.2. The molecule has 0 bridgehead atoms. The molecular weight excluding hydrogens is 301 g/mol. The number of likely N-dealkylation sites (N-methyl/N-ethyl adjacent to an activating group) is 1. The molecule has 2 aromatic rings. The van der Waals surface area contributed by atoms with Crippen molar-refractivity contribution in [1.29, 1.82) is 0 Å². The van der Waals surface area contributed by atoms with Crippen molar-refractivity contribution >= 4 is 23.2 Å². The van der Waals surface area contributed by atoms with Crippen molar-refractivity contribution in [1.82, 2.24) is 15.5 Å². The van der Waals surface area contributed by atoms with E-state index in [9.17, 15) is 0 Å². The van der Waals surface area contributed by atoms with Gasteiger partial charge in [-0.15, -0.1) is 0 Å². The quantitative estimate of drug-likeness (QED) is 0.888. The average molecular weight is 316 g/mol. The van der Waals surface area contributed by atoms with Crippen LogP contribution in [0, 0.1) is 0 Å². The number of ether oxygens (including phenoxy) is 1. The van der Waals surface area contributed by atoms with Gasteiger partial charge in [-0.05, 0) is 25.2 Å². The van der Waals surface area contributed by atoms with Gasteiger partial charge in [-0.1, -0.05) is 28.4 Å². The predicted molar refractivity (Wildman–Crippen MR) is 78.2 cm³/mol. The molecule has 0 aliphatic heterocycles. The van der Waals surface area contributed by atoms with E-state index >= 15 is 0 Å². The first-order valence-corrected chi connectivity index (χ1v) is 6.84. The topological polar surface area (TPSA) is 60.2 Å². The minimum atomic E-state index is 0.127. The van der Waals surface area contributed by atoms with Gasteiger partial charge in [0, 0.05) is 25.1 Å². The third-order valence-corrected chi connectivity index (χ3v) is 3.58. The molecule has 0 radical (unpaired) electrons. The normalized spacial score (nSPS) is 12.6. The smallest absolute Gasteiger partial charge is 0.228 e. The van der Waals surface area contributed by atoms with Crippen LogP contribution in [-0.4, -0.2) is 36.9 Å². The fourth-order valence-electron chi connectivity index (χ4n) is 1.75. The molecular formula is C13H15Cl2N3O2. The third-order valence-electron chi connectivity index (χ3n) is 2.84. The van der Waals surface area contributed by atoms with E-state index in [1.165, 1.54) is 0 Å². The molecule has 0 saturated heterocycles. The Hall–Kier alpha value is -1.14. The van der Waals surface area contributed by atoms with E-state index < -0.39 is 0 Å². The van der Waals surface area contributed by atoms with Gasteiger partial charge in [-0.3, -0.25) is 0 Å². The van der Waals surface area contributed by atoms with E-state index in [1.807, 2.05) is 7.05 Å². The number of nitrogens with zero attached hydrogens (tertiary/aromatic N) is 2. The average Bonchev–Trinajstić information content (AvgIpc) is 2.90. The summed E-state index contributed by atoms with van der Waals surface area (Å²) in [5.74, 6) is 1.04. The summed E-state index contributed by atoms with van der Waals surface area (Å²) < 4.78 is 10.3. The second-order valence-corrected chi connectivity index (χ2v) is 5.10. The monoisotopic (exact) mass is 315 g/mol. The number of nitrogens with one attached hydrogen (secondary N) is 1. The van der Waals surface area contributed by atoms with Crippen LogP contribution in [0.1, 0.15) is 5.89 Å². The van der Waals surface area contributed by atoms with Gasteiger partial charge in [0.2, 0.25) is 11.7 Å². The lowest BCUT2D eigenvalue weighted by atomic mass is 10.2. The number of hydrogen-bond donors (Lipinski definition) is 1. The standard InChI is InChI=1S/C13H15Cl2N3O2/c1-16-9(7-19-2)6-12-17-13(18-20-12)8-3-4-10(14)11(15)5-8/h3-5,9,16H,6-7H2,1-2H3. The number of hydrogen-bond acceptors (Lipinski definition) is 5. The van der Waals surface area contributed by atoms with Crippen molar-refractivity contribution in [3.05, 3.63) is 34.1 Å². The van der Waals surface area contributed by atoms with Gasteiger partial charge in [-0.25, -0.2) is 0 Å². The van der Waals surface area contributed by atoms with Gasteiger partial charge < -0.3 is 14.6 Å². The Morgan fingerprint density at radius 3 is 2.80 bits per heavy atom. The van der Waals surface area contributed by atoms with E-state index in [4.69, 9.17) is 32.5 Å². The molecule has 0 saturated carbocycles. The first-order valence-electron chi connectivity index (χ1n) is 6.08. The zero-order chi connectivity index (χ0) is 14.5. The van der Waals surface area contributed by atoms with E-state index in [1.54, 1.807) is 25.3 Å². The maximum atomic E-state index is 5.97. The van der Waals surface area contributed by atoms with Gasteiger partial charge in [0.05, 0.1) is 16.7 Å². The molecule has 1 unspecified atom stereocenters. The summed E-state index contributed by atoms with van der Waals surface area (Å²) in [7, 11) is 3.51. The summed E-state index contributed by atoms with van der Waals surface area (Å²) in [5, 5.41) is 8.03. The van der Waals surface area contributed by atoms with Crippen molar-refractivity contribution in [3.8, 4) is 11.4 Å². The van der Waals surface area contributed by atoms with Crippen molar-refractivity contribution in [2.75, 3.05) is 20.8 Å². The van der Waals surface area contributed by atoms with Crippen LogP contribution in [0.15, 0.2) is 22.7 Å². The first-order chi connectivity index (χ1) is 9.63. The molecule has 0 amide bonds. The van der Waals surface area contributed by atoms with Gasteiger partial charge in [-0.2, -0.15) is 4.98 Å². The van der Waals surface area contributed by atoms with Crippen LogP contribution in [0.3, 0.4) is 0 Å². The molecule has 0 fully saturated rings. The summed E-state index contributed by atoms with van der Waals surface area (Å²) in [6, 6.07) is 5.34. The van der Waals surface area contributed by atoms with Crippen molar-refractivity contribution in [2.24, 2.45) is 0 Å². The number of aromatic nitrogens is 2. The van der Waals surface area contributed by atoms with Crippen LogP contribution in [-0.2, 0) is 11.2 Å². The Morgan fingerprint density at radius 2 is 2.15 bits per heavy atom. The number of methoxy groups -OCH3 is 1. The molecule has 7 heteroatoms. The molecule has 2 rings (SSSR count). The fourth-order valence-corrected chi connectivity index (χ4v) is 2.04. The summed E-state index contributed by atoms with van der Waals surface area (Å²) >= 11 is 11.9. The van der Waals surface area contributed by atoms with Crippen LogP contribution in [0.4, 0.5) is 0 Å². The van der Waals surface area contributed by atoms with Crippen LogP contribution in [0.25, 0.3) is 11.4 Å². The van der Waals surface area contributed by atoms with E-state index in [0.29, 0.717) is 34.8 Å². The lowest BCUT2D eigenvalue weighted by Crippen LogP contribution is -2.32. The maximum Gasteiger partial charge on any atom is 0.228 e. The lowest BCUT2D eigenvalue weighted by molar-refractivity contribution is 0.165. The van der Waals surface area contributed by atoms with Crippen LogP contribution in [0.2, 0.25) is 10.0 Å². The SMILES string of the molecule is CNC(COC)Cc1nc(-c2ccc(Cl)c(Cl)c2)no1. The number of rotatable bonds is 6. The zero-order valence-corrected chi connectivity index (χ0v) is 12.7. The second kappa shape index (κ2) is 7.04. The van der Waals surface area contributed by atoms with Gasteiger partial charge in [0.1, 0.15) is 0 Å².